The number of aromatic nitrogens is 2. The Hall–Kier alpha value is -1.88. The van der Waals surface area contributed by atoms with Crippen LogP contribution in [0.2, 0.25) is 0 Å². The van der Waals surface area contributed by atoms with Gasteiger partial charge in [0.1, 0.15) is 5.75 Å². The molecule has 1 aromatic heterocycles. The number of hydrogen-bond donors (Lipinski definition) is 1. The van der Waals surface area contributed by atoms with Gasteiger partial charge in [0.05, 0.1) is 0 Å². The van der Waals surface area contributed by atoms with Crippen molar-refractivity contribution < 1.29 is 9.26 Å². The highest BCUT2D eigenvalue weighted by Gasteiger charge is 2.08. The molecular formula is C14H19N3O2. The summed E-state index contributed by atoms with van der Waals surface area (Å²) in [6.45, 7) is 6.23. The summed E-state index contributed by atoms with van der Waals surface area (Å²) < 4.78 is 10.6. The topological polar surface area (TPSA) is 60.2 Å². The maximum absolute atomic E-state index is 5.70. The van der Waals surface area contributed by atoms with E-state index in [1.807, 2.05) is 20.0 Å². The predicted molar refractivity (Wildman–Crippen MR) is 72.0 cm³/mol. The average Bonchev–Trinajstić information content (AvgIpc) is 2.82. The van der Waals surface area contributed by atoms with Crippen LogP contribution >= 0.6 is 0 Å². The highest BCUT2D eigenvalue weighted by molar-refractivity contribution is 5.37. The minimum absolute atomic E-state index is 0.319. The lowest BCUT2D eigenvalue weighted by Gasteiger charge is -2.13. The molecule has 5 heteroatoms. The van der Waals surface area contributed by atoms with Crippen molar-refractivity contribution in [2.75, 3.05) is 7.05 Å². The van der Waals surface area contributed by atoms with Crippen LogP contribution in [0.4, 0.5) is 0 Å². The van der Waals surface area contributed by atoms with Gasteiger partial charge in [-0.15, -0.1) is 0 Å². The molecule has 0 spiro atoms. The largest absolute Gasteiger partial charge is 0.485 e. The SMILES string of the molecule is CNC(C)c1ccc(OCc2noc(C)n2)c(C)c1. The van der Waals surface area contributed by atoms with Crippen molar-refractivity contribution in [3.05, 3.63) is 41.0 Å². The van der Waals surface area contributed by atoms with E-state index in [2.05, 4.69) is 34.5 Å². The van der Waals surface area contributed by atoms with Crippen LogP contribution in [0.5, 0.6) is 5.75 Å². The second-order valence-electron chi connectivity index (χ2n) is 4.55. The molecule has 1 heterocycles. The molecule has 5 nitrogen and oxygen atoms in total. The Bertz CT molecular complexity index is 551. The molecule has 0 aliphatic carbocycles. The normalized spacial score (nSPS) is 12.4. The minimum atomic E-state index is 0.319. The first kappa shape index (κ1) is 13.5. The number of benzene rings is 1. The van der Waals surface area contributed by atoms with E-state index in [0.29, 0.717) is 24.4 Å². The first-order valence-electron chi connectivity index (χ1n) is 6.30. The first-order chi connectivity index (χ1) is 9.10. The summed E-state index contributed by atoms with van der Waals surface area (Å²) in [5, 5.41) is 7.01. The van der Waals surface area contributed by atoms with E-state index in [9.17, 15) is 0 Å². The number of aryl methyl sites for hydroxylation is 2. The van der Waals surface area contributed by atoms with Crippen LogP contribution in [0.3, 0.4) is 0 Å². The van der Waals surface area contributed by atoms with Crippen LogP contribution in [0.25, 0.3) is 0 Å². The van der Waals surface area contributed by atoms with Gasteiger partial charge < -0.3 is 14.6 Å². The summed E-state index contributed by atoms with van der Waals surface area (Å²) in [6, 6.07) is 6.49. The molecule has 0 aliphatic rings. The van der Waals surface area contributed by atoms with Crippen molar-refractivity contribution in [2.45, 2.75) is 33.4 Å². The van der Waals surface area contributed by atoms with Gasteiger partial charge in [0, 0.05) is 13.0 Å². The summed E-state index contributed by atoms with van der Waals surface area (Å²) in [7, 11) is 1.95. The van der Waals surface area contributed by atoms with Crippen molar-refractivity contribution in [2.24, 2.45) is 0 Å². The molecule has 0 bridgehead atoms. The standard InChI is InChI=1S/C14H19N3O2/c1-9-7-12(10(2)15-4)5-6-13(9)18-8-14-16-11(3)19-17-14/h5-7,10,15H,8H2,1-4H3. The van der Waals surface area contributed by atoms with Crippen LogP contribution < -0.4 is 10.1 Å². The monoisotopic (exact) mass is 261 g/mol. The van der Waals surface area contributed by atoms with Crippen molar-refractivity contribution in [1.82, 2.24) is 15.5 Å². The number of ether oxygens (including phenoxy) is 1. The van der Waals surface area contributed by atoms with Gasteiger partial charge in [-0.1, -0.05) is 17.3 Å². The first-order valence-corrected chi connectivity index (χ1v) is 6.30. The van der Waals surface area contributed by atoms with E-state index in [4.69, 9.17) is 9.26 Å². The Kier molecular flexibility index (Phi) is 4.16. The van der Waals surface area contributed by atoms with E-state index in [-0.39, 0.29) is 0 Å². The molecule has 1 aromatic carbocycles. The van der Waals surface area contributed by atoms with Crippen molar-refractivity contribution >= 4 is 0 Å². The Labute approximate surface area is 113 Å². The molecule has 1 unspecified atom stereocenters. The van der Waals surface area contributed by atoms with E-state index in [1.165, 1.54) is 5.56 Å². The fraction of sp³-hybridized carbons (Fsp3) is 0.429. The van der Waals surface area contributed by atoms with Crippen molar-refractivity contribution in [3.8, 4) is 5.75 Å². The Morgan fingerprint density at radius 3 is 2.74 bits per heavy atom. The second-order valence-corrected chi connectivity index (χ2v) is 4.55. The molecule has 0 saturated carbocycles. The lowest BCUT2D eigenvalue weighted by molar-refractivity contribution is 0.284. The van der Waals surface area contributed by atoms with Crippen LogP contribution in [0, 0.1) is 13.8 Å². The summed E-state index contributed by atoms with van der Waals surface area (Å²) in [5.74, 6) is 1.95. The molecule has 1 atom stereocenters. The molecule has 19 heavy (non-hydrogen) atoms. The maximum Gasteiger partial charge on any atom is 0.223 e. The van der Waals surface area contributed by atoms with Crippen molar-refractivity contribution in [3.63, 3.8) is 0 Å². The fourth-order valence-electron chi connectivity index (χ4n) is 1.81. The summed E-state index contributed by atoms with van der Waals surface area (Å²) >= 11 is 0. The summed E-state index contributed by atoms with van der Waals surface area (Å²) in [4.78, 5) is 4.10. The molecule has 0 radical (unpaired) electrons. The molecule has 0 aliphatic heterocycles. The third-order valence-corrected chi connectivity index (χ3v) is 3.06. The molecule has 2 aromatic rings. The van der Waals surface area contributed by atoms with E-state index in [0.717, 1.165) is 11.3 Å². The second kappa shape index (κ2) is 5.84. The number of nitrogens with one attached hydrogen (secondary N) is 1. The maximum atomic E-state index is 5.70. The van der Waals surface area contributed by atoms with E-state index < -0.39 is 0 Å². The van der Waals surface area contributed by atoms with Crippen LogP contribution in [-0.4, -0.2) is 17.2 Å². The molecule has 2 rings (SSSR count). The molecule has 0 amide bonds. The smallest absolute Gasteiger partial charge is 0.223 e. The summed E-state index contributed by atoms with van der Waals surface area (Å²) in [5.41, 5.74) is 2.34. The number of hydrogen-bond acceptors (Lipinski definition) is 5. The minimum Gasteiger partial charge on any atom is -0.485 e. The zero-order chi connectivity index (χ0) is 13.8. The highest BCUT2D eigenvalue weighted by atomic mass is 16.5. The molecule has 0 saturated heterocycles. The van der Waals surface area contributed by atoms with Gasteiger partial charge in [0.25, 0.3) is 0 Å². The Balaban J connectivity index is 2.05. The van der Waals surface area contributed by atoms with E-state index >= 15 is 0 Å². The quantitative estimate of drug-likeness (QED) is 0.896. The van der Waals surface area contributed by atoms with Gasteiger partial charge >= 0.3 is 0 Å². The van der Waals surface area contributed by atoms with Gasteiger partial charge in [-0.2, -0.15) is 4.98 Å². The molecule has 102 valence electrons. The lowest BCUT2D eigenvalue weighted by Crippen LogP contribution is -2.12. The average molecular weight is 261 g/mol. The van der Waals surface area contributed by atoms with Gasteiger partial charge in [0.15, 0.2) is 6.61 Å². The van der Waals surface area contributed by atoms with Gasteiger partial charge in [-0.25, -0.2) is 0 Å². The van der Waals surface area contributed by atoms with Crippen LogP contribution in [0.1, 0.15) is 35.8 Å². The molecular weight excluding hydrogens is 242 g/mol. The van der Waals surface area contributed by atoms with Crippen LogP contribution in [0.15, 0.2) is 22.7 Å². The van der Waals surface area contributed by atoms with Crippen molar-refractivity contribution in [1.29, 1.82) is 0 Å². The highest BCUT2D eigenvalue weighted by Crippen LogP contribution is 2.23. The Morgan fingerprint density at radius 1 is 1.37 bits per heavy atom. The van der Waals surface area contributed by atoms with Crippen LogP contribution in [-0.2, 0) is 6.61 Å². The molecule has 0 fully saturated rings. The fourth-order valence-corrected chi connectivity index (χ4v) is 1.81. The molecule has 1 N–H and O–H groups in total. The number of nitrogens with zero attached hydrogens (tertiary/aromatic N) is 2. The predicted octanol–water partition coefficient (Wildman–Crippen LogP) is 2.55. The zero-order valence-corrected chi connectivity index (χ0v) is 11.7. The zero-order valence-electron chi connectivity index (χ0n) is 11.7. The van der Waals surface area contributed by atoms with Gasteiger partial charge in [-0.3, -0.25) is 0 Å². The summed E-state index contributed by atoms with van der Waals surface area (Å²) in [6.07, 6.45) is 0. The van der Waals surface area contributed by atoms with E-state index in [1.54, 1.807) is 6.92 Å². The van der Waals surface area contributed by atoms with Gasteiger partial charge in [-0.05, 0) is 38.1 Å². The number of rotatable bonds is 5. The third kappa shape index (κ3) is 3.32. The lowest BCUT2D eigenvalue weighted by atomic mass is 10.1. The Morgan fingerprint density at radius 2 is 2.16 bits per heavy atom. The third-order valence-electron chi connectivity index (χ3n) is 3.06. The van der Waals surface area contributed by atoms with Gasteiger partial charge in [0.2, 0.25) is 11.7 Å².